The van der Waals surface area contributed by atoms with E-state index in [-0.39, 0.29) is 0 Å². The highest BCUT2D eigenvalue weighted by molar-refractivity contribution is 5.57. The van der Waals surface area contributed by atoms with Crippen LogP contribution >= 0.6 is 0 Å². The van der Waals surface area contributed by atoms with Crippen LogP contribution in [0.4, 0.5) is 0 Å². The number of fused-ring (bicyclic) bond motifs is 1. The standard InChI is InChI=1S/C16H14O2/c17-16-13(10-12-6-2-1-3-7-12)11-18-15-9-5-4-8-14(15)16/h1-10,16-17H,11H2/b13-10+/t16-/m1/s1. The van der Waals surface area contributed by atoms with Crippen molar-refractivity contribution in [3.63, 3.8) is 0 Å². The molecule has 1 atom stereocenters. The van der Waals surface area contributed by atoms with Crippen LogP contribution in [0, 0.1) is 0 Å². The number of aliphatic hydroxyl groups is 1. The summed E-state index contributed by atoms with van der Waals surface area (Å²) < 4.78 is 5.65. The van der Waals surface area contributed by atoms with Crippen molar-refractivity contribution < 1.29 is 9.84 Å². The predicted molar refractivity (Wildman–Crippen MR) is 71.3 cm³/mol. The molecule has 0 amide bonds. The van der Waals surface area contributed by atoms with Crippen LogP contribution in [0.15, 0.2) is 60.2 Å². The van der Waals surface area contributed by atoms with Crippen molar-refractivity contribution in [1.82, 2.24) is 0 Å². The lowest BCUT2D eigenvalue weighted by Gasteiger charge is -2.25. The molecule has 0 saturated carbocycles. The minimum Gasteiger partial charge on any atom is -0.489 e. The molecule has 0 aliphatic carbocycles. The van der Waals surface area contributed by atoms with E-state index >= 15 is 0 Å². The lowest BCUT2D eigenvalue weighted by atomic mass is 9.97. The SMILES string of the molecule is O[C@@H]1/C(=C/c2ccccc2)COc2ccccc21. The maximum atomic E-state index is 10.3. The number of ether oxygens (including phenoxy) is 1. The molecule has 0 aromatic heterocycles. The topological polar surface area (TPSA) is 29.5 Å². The highest BCUT2D eigenvalue weighted by atomic mass is 16.5. The molecular weight excluding hydrogens is 224 g/mol. The van der Waals surface area contributed by atoms with Gasteiger partial charge in [0.1, 0.15) is 18.5 Å². The van der Waals surface area contributed by atoms with Gasteiger partial charge in [0.05, 0.1) is 0 Å². The van der Waals surface area contributed by atoms with Crippen molar-refractivity contribution in [2.24, 2.45) is 0 Å². The van der Waals surface area contributed by atoms with E-state index in [4.69, 9.17) is 4.74 Å². The van der Waals surface area contributed by atoms with E-state index in [1.807, 2.05) is 60.7 Å². The average molecular weight is 238 g/mol. The van der Waals surface area contributed by atoms with E-state index < -0.39 is 6.10 Å². The minimum atomic E-state index is -0.574. The Morgan fingerprint density at radius 1 is 1.00 bits per heavy atom. The molecule has 3 rings (SSSR count). The summed E-state index contributed by atoms with van der Waals surface area (Å²) in [5.41, 5.74) is 2.81. The van der Waals surface area contributed by atoms with Crippen LogP contribution in [0.3, 0.4) is 0 Å². The van der Waals surface area contributed by atoms with E-state index in [2.05, 4.69) is 0 Å². The smallest absolute Gasteiger partial charge is 0.125 e. The van der Waals surface area contributed by atoms with Crippen molar-refractivity contribution >= 4 is 6.08 Å². The molecule has 0 fully saturated rings. The molecule has 2 heteroatoms. The zero-order valence-electron chi connectivity index (χ0n) is 9.91. The van der Waals surface area contributed by atoms with Gasteiger partial charge in [0.15, 0.2) is 0 Å². The van der Waals surface area contributed by atoms with Crippen LogP contribution in [0.5, 0.6) is 5.75 Å². The van der Waals surface area contributed by atoms with Gasteiger partial charge in [-0.15, -0.1) is 0 Å². The molecule has 0 bridgehead atoms. The molecular formula is C16H14O2. The monoisotopic (exact) mass is 238 g/mol. The molecule has 0 unspecified atom stereocenters. The summed E-state index contributed by atoms with van der Waals surface area (Å²) >= 11 is 0. The van der Waals surface area contributed by atoms with Gasteiger partial charge in [0.25, 0.3) is 0 Å². The lowest BCUT2D eigenvalue weighted by Crippen LogP contribution is -2.17. The number of hydrogen-bond donors (Lipinski definition) is 1. The van der Waals surface area contributed by atoms with Crippen molar-refractivity contribution in [2.75, 3.05) is 6.61 Å². The van der Waals surface area contributed by atoms with Crippen LogP contribution in [-0.4, -0.2) is 11.7 Å². The number of rotatable bonds is 1. The Hall–Kier alpha value is -2.06. The van der Waals surface area contributed by atoms with Crippen LogP contribution < -0.4 is 4.74 Å². The van der Waals surface area contributed by atoms with Gasteiger partial charge in [-0.2, -0.15) is 0 Å². The second-order valence-corrected chi connectivity index (χ2v) is 4.36. The minimum absolute atomic E-state index is 0.438. The van der Waals surface area contributed by atoms with E-state index in [1.165, 1.54) is 0 Å². The van der Waals surface area contributed by atoms with Crippen LogP contribution in [0.1, 0.15) is 17.2 Å². The molecule has 0 radical (unpaired) electrons. The third kappa shape index (κ3) is 2.03. The Balaban J connectivity index is 1.96. The largest absolute Gasteiger partial charge is 0.489 e. The summed E-state index contributed by atoms with van der Waals surface area (Å²) in [6.45, 7) is 0.438. The molecule has 0 spiro atoms. The Morgan fingerprint density at radius 2 is 1.72 bits per heavy atom. The average Bonchev–Trinajstić information content (AvgIpc) is 2.43. The van der Waals surface area contributed by atoms with Crippen molar-refractivity contribution in [3.05, 3.63) is 71.3 Å². The maximum Gasteiger partial charge on any atom is 0.125 e. The van der Waals surface area contributed by atoms with Crippen LogP contribution in [-0.2, 0) is 0 Å². The zero-order valence-corrected chi connectivity index (χ0v) is 9.91. The number of aliphatic hydroxyl groups excluding tert-OH is 1. The fourth-order valence-electron chi connectivity index (χ4n) is 2.16. The molecule has 18 heavy (non-hydrogen) atoms. The molecule has 2 aromatic carbocycles. The normalized spacial score (nSPS) is 20.3. The molecule has 2 aromatic rings. The van der Waals surface area contributed by atoms with E-state index in [0.29, 0.717) is 6.61 Å². The first-order valence-electron chi connectivity index (χ1n) is 6.00. The van der Waals surface area contributed by atoms with Crippen molar-refractivity contribution in [3.8, 4) is 5.75 Å². The third-order valence-corrected chi connectivity index (χ3v) is 3.11. The van der Waals surface area contributed by atoms with Gasteiger partial charge in [-0.05, 0) is 17.7 Å². The lowest BCUT2D eigenvalue weighted by molar-refractivity contribution is 0.172. The first-order valence-corrected chi connectivity index (χ1v) is 6.00. The first kappa shape index (κ1) is 11.1. The van der Waals surface area contributed by atoms with Gasteiger partial charge in [-0.25, -0.2) is 0 Å². The summed E-state index contributed by atoms with van der Waals surface area (Å²) in [6.07, 6.45) is 1.41. The summed E-state index contributed by atoms with van der Waals surface area (Å²) in [5, 5.41) is 10.3. The van der Waals surface area contributed by atoms with Crippen LogP contribution in [0.25, 0.3) is 6.08 Å². The molecule has 1 N–H and O–H groups in total. The van der Waals surface area contributed by atoms with E-state index in [9.17, 15) is 5.11 Å². The Morgan fingerprint density at radius 3 is 2.56 bits per heavy atom. The predicted octanol–water partition coefficient (Wildman–Crippen LogP) is 3.20. The zero-order chi connectivity index (χ0) is 12.4. The number of benzene rings is 2. The highest BCUT2D eigenvalue weighted by Crippen LogP contribution is 2.35. The number of hydrogen-bond acceptors (Lipinski definition) is 2. The fourth-order valence-corrected chi connectivity index (χ4v) is 2.16. The van der Waals surface area contributed by atoms with Gasteiger partial charge in [0, 0.05) is 11.1 Å². The third-order valence-electron chi connectivity index (χ3n) is 3.11. The molecule has 1 aliphatic heterocycles. The van der Waals surface area contributed by atoms with Gasteiger partial charge in [-0.3, -0.25) is 0 Å². The molecule has 90 valence electrons. The first-order chi connectivity index (χ1) is 8.84. The maximum absolute atomic E-state index is 10.3. The number of para-hydroxylation sites is 1. The summed E-state index contributed by atoms with van der Waals surface area (Å²) in [4.78, 5) is 0. The van der Waals surface area contributed by atoms with Crippen LogP contribution in [0.2, 0.25) is 0 Å². The molecule has 1 heterocycles. The van der Waals surface area contributed by atoms with E-state index in [0.717, 1.165) is 22.4 Å². The Labute approximate surface area is 106 Å². The van der Waals surface area contributed by atoms with Crippen molar-refractivity contribution in [2.45, 2.75) is 6.10 Å². The second kappa shape index (κ2) is 4.67. The van der Waals surface area contributed by atoms with Gasteiger partial charge in [-0.1, -0.05) is 48.5 Å². The Bertz CT molecular complexity index is 573. The molecule has 2 nitrogen and oxygen atoms in total. The van der Waals surface area contributed by atoms with E-state index in [1.54, 1.807) is 0 Å². The summed E-state index contributed by atoms with van der Waals surface area (Å²) in [6, 6.07) is 17.6. The van der Waals surface area contributed by atoms with Crippen molar-refractivity contribution in [1.29, 1.82) is 0 Å². The van der Waals surface area contributed by atoms with Gasteiger partial charge in [0.2, 0.25) is 0 Å². The van der Waals surface area contributed by atoms with Gasteiger partial charge < -0.3 is 9.84 Å². The highest BCUT2D eigenvalue weighted by Gasteiger charge is 2.23. The summed E-state index contributed by atoms with van der Waals surface area (Å²) in [7, 11) is 0. The second-order valence-electron chi connectivity index (χ2n) is 4.36. The molecule has 0 saturated heterocycles. The van der Waals surface area contributed by atoms with Gasteiger partial charge >= 0.3 is 0 Å². The molecule has 1 aliphatic rings. The quantitative estimate of drug-likeness (QED) is 0.826. The Kier molecular flexibility index (Phi) is 2.87. The fraction of sp³-hybridized carbons (Fsp3) is 0.125. The summed E-state index contributed by atoms with van der Waals surface area (Å²) in [5.74, 6) is 0.773.